The lowest BCUT2D eigenvalue weighted by atomic mass is 10.1. The van der Waals surface area contributed by atoms with E-state index in [0.29, 0.717) is 44.8 Å². The van der Waals surface area contributed by atoms with Crippen LogP contribution in [-0.2, 0) is 9.53 Å². The summed E-state index contributed by atoms with van der Waals surface area (Å²) in [7, 11) is 1.60. The molecule has 0 aliphatic carbocycles. The van der Waals surface area contributed by atoms with E-state index in [1.54, 1.807) is 55.8 Å². The summed E-state index contributed by atoms with van der Waals surface area (Å²) in [6.45, 7) is -0.477. The van der Waals surface area contributed by atoms with Crippen LogP contribution in [0.3, 0.4) is 0 Å². The van der Waals surface area contributed by atoms with E-state index in [1.165, 1.54) is 17.6 Å². The molecule has 0 saturated carbocycles. The number of carbonyl (C=O) groups is 2. The van der Waals surface area contributed by atoms with Crippen molar-refractivity contribution in [3.8, 4) is 39.9 Å². The Balaban J connectivity index is 1.14. The maximum Gasteiger partial charge on any atom is 0.338 e. The van der Waals surface area contributed by atoms with Gasteiger partial charge in [0.15, 0.2) is 23.3 Å². The van der Waals surface area contributed by atoms with Gasteiger partial charge in [-0.2, -0.15) is 0 Å². The Hall–Kier alpha value is -5.29. The largest absolute Gasteiger partial charge is 0.497 e. The molecule has 4 heterocycles. The zero-order chi connectivity index (χ0) is 27.5. The number of hydrogen-bond donors (Lipinski definition) is 1. The zero-order valence-corrected chi connectivity index (χ0v) is 21.8. The predicted octanol–water partition coefficient (Wildman–Crippen LogP) is 6.08. The fourth-order valence-corrected chi connectivity index (χ4v) is 4.68. The number of amides is 1. The van der Waals surface area contributed by atoms with Crippen LogP contribution in [0.1, 0.15) is 10.4 Å². The third kappa shape index (κ3) is 5.18. The molecule has 0 saturated heterocycles. The van der Waals surface area contributed by atoms with Crippen LogP contribution in [-0.4, -0.2) is 40.5 Å². The van der Waals surface area contributed by atoms with E-state index in [-0.39, 0.29) is 5.56 Å². The van der Waals surface area contributed by atoms with Crippen molar-refractivity contribution in [2.24, 2.45) is 0 Å². The molecule has 0 unspecified atom stereocenters. The van der Waals surface area contributed by atoms with Gasteiger partial charge in [0.25, 0.3) is 5.91 Å². The van der Waals surface area contributed by atoms with E-state index < -0.39 is 18.5 Å². The number of methoxy groups -OCH3 is 1. The molecule has 1 N–H and O–H groups in total. The quantitative estimate of drug-likeness (QED) is 0.223. The lowest BCUT2D eigenvalue weighted by Gasteiger charge is -2.08. The number of carbonyl (C=O) groups excluding carboxylic acids is 2. The van der Waals surface area contributed by atoms with Crippen LogP contribution in [0, 0.1) is 0 Å². The molecular formula is C29H20N4O6S. The van der Waals surface area contributed by atoms with Crippen LogP contribution in [0.4, 0.5) is 5.13 Å². The highest BCUT2D eigenvalue weighted by Gasteiger charge is 2.19. The van der Waals surface area contributed by atoms with Gasteiger partial charge in [0, 0.05) is 10.9 Å². The summed E-state index contributed by atoms with van der Waals surface area (Å²) in [5, 5.41) is 4.88. The SMILES string of the molecule is COc1ccc(-c2csc(NC(=O)COC(=O)c3ccc4nc(-c5ccco5)c(-c5ccco5)nc4c3)n2)cc1. The van der Waals surface area contributed by atoms with Crippen LogP contribution in [0.2, 0.25) is 0 Å². The van der Waals surface area contributed by atoms with Crippen molar-refractivity contribution in [1.29, 1.82) is 0 Å². The van der Waals surface area contributed by atoms with E-state index in [2.05, 4.69) is 20.3 Å². The molecule has 6 aromatic rings. The van der Waals surface area contributed by atoms with Crippen molar-refractivity contribution in [3.05, 3.63) is 90.2 Å². The van der Waals surface area contributed by atoms with Gasteiger partial charge in [-0.25, -0.2) is 19.7 Å². The first kappa shape index (κ1) is 25.0. The normalized spacial score (nSPS) is 10.9. The molecular weight excluding hydrogens is 532 g/mol. The number of nitrogens with zero attached hydrogens (tertiary/aromatic N) is 3. The maximum absolute atomic E-state index is 12.7. The Labute approximate surface area is 231 Å². The highest BCUT2D eigenvalue weighted by atomic mass is 32.1. The second-order valence-corrected chi connectivity index (χ2v) is 9.33. The summed E-state index contributed by atoms with van der Waals surface area (Å²) in [6, 6.07) is 19.3. The number of furan rings is 2. The van der Waals surface area contributed by atoms with Crippen molar-refractivity contribution in [2.75, 3.05) is 19.0 Å². The lowest BCUT2D eigenvalue weighted by Crippen LogP contribution is -2.20. The summed E-state index contributed by atoms with van der Waals surface area (Å²) in [5.74, 6) is 0.595. The van der Waals surface area contributed by atoms with E-state index in [0.717, 1.165) is 11.3 Å². The van der Waals surface area contributed by atoms with Crippen molar-refractivity contribution in [2.45, 2.75) is 0 Å². The molecule has 2 aromatic carbocycles. The molecule has 0 radical (unpaired) electrons. The van der Waals surface area contributed by atoms with Gasteiger partial charge in [-0.1, -0.05) is 0 Å². The fourth-order valence-electron chi connectivity index (χ4n) is 3.95. The number of aromatic nitrogens is 3. The smallest absolute Gasteiger partial charge is 0.338 e. The van der Waals surface area contributed by atoms with Crippen molar-refractivity contribution < 1.29 is 27.9 Å². The summed E-state index contributed by atoms with van der Waals surface area (Å²) in [6.07, 6.45) is 3.09. The first-order valence-corrected chi connectivity index (χ1v) is 12.9. The Morgan fingerprint density at radius 3 is 2.23 bits per heavy atom. The molecule has 0 aliphatic heterocycles. The van der Waals surface area contributed by atoms with Gasteiger partial charge in [0.05, 0.1) is 41.9 Å². The number of rotatable bonds is 8. The van der Waals surface area contributed by atoms with Crippen LogP contribution in [0.15, 0.2) is 93.5 Å². The second kappa shape index (κ2) is 10.8. The minimum absolute atomic E-state index is 0.224. The number of fused-ring (bicyclic) bond motifs is 1. The van der Waals surface area contributed by atoms with E-state index in [4.69, 9.17) is 18.3 Å². The molecule has 0 aliphatic rings. The monoisotopic (exact) mass is 552 g/mol. The van der Waals surface area contributed by atoms with Crippen molar-refractivity contribution >= 4 is 39.4 Å². The number of ether oxygens (including phenoxy) is 2. The molecule has 10 nitrogen and oxygen atoms in total. The first-order chi connectivity index (χ1) is 19.6. The number of nitrogens with one attached hydrogen (secondary N) is 1. The van der Waals surface area contributed by atoms with Gasteiger partial charge < -0.3 is 18.3 Å². The number of hydrogen-bond acceptors (Lipinski definition) is 10. The van der Waals surface area contributed by atoms with Gasteiger partial charge >= 0.3 is 5.97 Å². The van der Waals surface area contributed by atoms with E-state index in [9.17, 15) is 9.59 Å². The molecule has 6 rings (SSSR count). The average molecular weight is 553 g/mol. The number of benzene rings is 2. The van der Waals surface area contributed by atoms with E-state index in [1.807, 2.05) is 29.6 Å². The third-order valence-electron chi connectivity index (χ3n) is 5.88. The third-order valence-corrected chi connectivity index (χ3v) is 6.64. The molecule has 0 spiro atoms. The van der Waals surface area contributed by atoms with E-state index >= 15 is 0 Å². The van der Waals surface area contributed by atoms with Crippen LogP contribution in [0.25, 0.3) is 45.2 Å². The summed E-state index contributed by atoms with van der Waals surface area (Å²) >= 11 is 1.27. The Bertz CT molecular complexity index is 1790. The molecule has 198 valence electrons. The highest BCUT2D eigenvalue weighted by molar-refractivity contribution is 7.14. The van der Waals surface area contributed by atoms with Crippen LogP contribution in [0.5, 0.6) is 5.75 Å². The Morgan fingerprint density at radius 1 is 0.875 bits per heavy atom. The van der Waals surface area contributed by atoms with Crippen molar-refractivity contribution in [1.82, 2.24) is 15.0 Å². The standard InChI is InChI=1S/C29H20N4O6S/c1-36-19-9-6-17(7-10-19)22-16-40-29(32-22)33-25(34)15-39-28(35)18-8-11-20-21(14-18)31-27(24-5-3-13-38-24)26(30-20)23-4-2-12-37-23/h2-14,16H,15H2,1H3,(H,32,33,34). The second-order valence-electron chi connectivity index (χ2n) is 8.47. The van der Waals surface area contributed by atoms with Crippen LogP contribution >= 0.6 is 11.3 Å². The number of anilines is 1. The zero-order valence-electron chi connectivity index (χ0n) is 21.0. The number of esters is 1. The minimum atomic E-state index is -0.674. The summed E-state index contributed by atoms with van der Waals surface area (Å²) < 4.78 is 21.5. The molecule has 11 heteroatoms. The Morgan fingerprint density at radius 2 is 1.57 bits per heavy atom. The molecule has 40 heavy (non-hydrogen) atoms. The topological polar surface area (TPSA) is 130 Å². The molecule has 0 atom stereocenters. The summed E-state index contributed by atoms with van der Waals surface area (Å²) in [5.41, 5.74) is 3.80. The highest BCUT2D eigenvalue weighted by Crippen LogP contribution is 2.32. The maximum atomic E-state index is 12.7. The average Bonchev–Trinajstić information content (AvgIpc) is 3.79. The van der Waals surface area contributed by atoms with Crippen molar-refractivity contribution in [3.63, 3.8) is 0 Å². The minimum Gasteiger partial charge on any atom is -0.497 e. The molecule has 1 amide bonds. The Kier molecular flexibility index (Phi) is 6.77. The van der Waals surface area contributed by atoms with Gasteiger partial charge in [-0.05, 0) is 66.7 Å². The molecule has 0 bridgehead atoms. The van der Waals surface area contributed by atoms with Gasteiger partial charge in [0.1, 0.15) is 17.1 Å². The molecule has 4 aromatic heterocycles. The first-order valence-electron chi connectivity index (χ1n) is 12.0. The predicted molar refractivity (Wildman–Crippen MR) is 148 cm³/mol. The van der Waals surface area contributed by atoms with Crippen LogP contribution < -0.4 is 10.1 Å². The lowest BCUT2D eigenvalue weighted by molar-refractivity contribution is -0.119. The van der Waals surface area contributed by atoms with Gasteiger partial charge in [-0.3, -0.25) is 10.1 Å². The van der Waals surface area contributed by atoms with Gasteiger partial charge in [0.2, 0.25) is 0 Å². The molecule has 0 fully saturated rings. The fraction of sp³-hybridized carbons (Fsp3) is 0.0690. The van der Waals surface area contributed by atoms with Gasteiger partial charge in [-0.15, -0.1) is 11.3 Å². The summed E-state index contributed by atoms with van der Waals surface area (Å²) in [4.78, 5) is 39.0. The number of thiazole rings is 1.